The van der Waals surface area contributed by atoms with Crippen molar-refractivity contribution in [3.05, 3.63) is 29.6 Å². The first-order valence-corrected chi connectivity index (χ1v) is 5.30. The van der Waals surface area contributed by atoms with Crippen molar-refractivity contribution in [1.29, 1.82) is 0 Å². The lowest BCUT2D eigenvalue weighted by Gasteiger charge is -2.17. The third-order valence-electron chi connectivity index (χ3n) is 2.42. The van der Waals surface area contributed by atoms with E-state index in [1.54, 1.807) is 19.1 Å². The number of nitrogens with one attached hydrogen (secondary N) is 1. The third kappa shape index (κ3) is 2.95. The van der Waals surface area contributed by atoms with E-state index < -0.39 is 17.8 Å². The number of rotatable bonds is 5. The SMILES string of the molecule is CCCC(Nc1c(C)cccc1F)C(=O)O. The molecule has 0 fully saturated rings. The van der Waals surface area contributed by atoms with Gasteiger partial charge in [-0.25, -0.2) is 9.18 Å². The minimum atomic E-state index is -0.954. The molecule has 0 bridgehead atoms. The maximum atomic E-state index is 13.5. The van der Waals surface area contributed by atoms with Gasteiger partial charge in [0.25, 0.3) is 0 Å². The molecule has 0 heterocycles. The topological polar surface area (TPSA) is 49.3 Å². The number of carboxylic acid groups (broad SMARTS) is 1. The summed E-state index contributed by atoms with van der Waals surface area (Å²) in [4.78, 5) is 10.9. The predicted molar refractivity (Wildman–Crippen MR) is 61.1 cm³/mol. The zero-order valence-electron chi connectivity index (χ0n) is 9.46. The van der Waals surface area contributed by atoms with E-state index in [0.29, 0.717) is 12.0 Å². The molecule has 0 saturated carbocycles. The summed E-state index contributed by atoms with van der Waals surface area (Å²) in [6.45, 7) is 3.64. The van der Waals surface area contributed by atoms with Gasteiger partial charge in [-0.2, -0.15) is 0 Å². The number of aryl methyl sites for hydroxylation is 1. The molecule has 0 aromatic heterocycles. The summed E-state index contributed by atoms with van der Waals surface area (Å²) < 4.78 is 13.5. The zero-order chi connectivity index (χ0) is 12.1. The second-order valence-corrected chi connectivity index (χ2v) is 3.76. The number of carboxylic acids is 1. The molecule has 16 heavy (non-hydrogen) atoms. The van der Waals surface area contributed by atoms with E-state index >= 15 is 0 Å². The van der Waals surface area contributed by atoms with Gasteiger partial charge in [0.15, 0.2) is 0 Å². The average Bonchev–Trinajstić information content (AvgIpc) is 2.21. The van der Waals surface area contributed by atoms with Gasteiger partial charge in [0, 0.05) is 0 Å². The molecule has 0 aliphatic carbocycles. The highest BCUT2D eigenvalue weighted by Gasteiger charge is 2.18. The maximum Gasteiger partial charge on any atom is 0.326 e. The van der Waals surface area contributed by atoms with Crippen molar-refractivity contribution in [2.24, 2.45) is 0 Å². The minimum absolute atomic E-state index is 0.281. The average molecular weight is 225 g/mol. The summed E-state index contributed by atoms with van der Waals surface area (Å²) in [5.74, 6) is -1.37. The number of hydrogen-bond donors (Lipinski definition) is 2. The van der Waals surface area contributed by atoms with Crippen LogP contribution >= 0.6 is 0 Å². The first-order chi connectivity index (χ1) is 7.56. The Labute approximate surface area is 94.3 Å². The van der Waals surface area contributed by atoms with Crippen molar-refractivity contribution in [3.8, 4) is 0 Å². The number of para-hydroxylation sites is 1. The van der Waals surface area contributed by atoms with Gasteiger partial charge in [-0.1, -0.05) is 25.5 Å². The van der Waals surface area contributed by atoms with Gasteiger partial charge in [0.1, 0.15) is 11.9 Å². The molecule has 0 amide bonds. The summed E-state index contributed by atoms with van der Waals surface area (Å²) in [6.07, 6.45) is 1.21. The molecule has 1 unspecified atom stereocenters. The molecule has 2 N–H and O–H groups in total. The number of hydrogen-bond acceptors (Lipinski definition) is 2. The van der Waals surface area contributed by atoms with Gasteiger partial charge in [-0.3, -0.25) is 0 Å². The summed E-state index contributed by atoms with van der Waals surface area (Å²) in [6, 6.07) is 3.93. The van der Waals surface area contributed by atoms with Crippen LogP contribution in [0.2, 0.25) is 0 Å². The lowest BCUT2D eigenvalue weighted by Crippen LogP contribution is -2.29. The fourth-order valence-corrected chi connectivity index (χ4v) is 1.54. The normalized spacial score (nSPS) is 12.2. The molecule has 0 saturated heterocycles. The molecule has 0 aliphatic rings. The van der Waals surface area contributed by atoms with Gasteiger partial charge in [-0.15, -0.1) is 0 Å². The van der Waals surface area contributed by atoms with E-state index in [0.717, 1.165) is 6.42 Å². The minimum Gasteiger partial charge on any atom is -0.480 e. The summed E-state index contributed by atoms with van der Waals surface area (Å²) >= 11 is 0. The maximum absolute atomic E-state index is 13.5. The molecule has 4 heteroatoms. The van der Waals surface area contributed by atoms with Crippen LogP contribution in [0.25, 0.3) is 0 Å². The Kier molecular flexibility index (Phi) is 4.28. The Hall–Kier alpha value is -1.58. The first-order valence-electron chi connectivity index (χ1n) is 5.30. The van der Waals surface area contributed by atoms with Crippen molar-refractivity contribution in [1.82, 2.24) is 0 Å². The van der Waals surface area contributed by atoms with Crippen molar-refractivity contribution < 1.29 is 14.3 Å². The Morgan fingerprint density at radius 3 is 2.75 bits per heavy atom. The smallest absolute Gasteiger partial charge is 0.326 e. The zero-order valence-corrected chi connectivity index (χ0v) is 9.46. The fourth-order valence-electron chi connectivity index (χ4n) is 1.54. The molecule has 0 spiro atoms. The second kappa shape index (κ2) is 5.49. The molecule has 1 aromatic carbocycles. The largest absolute Gasteiger partial charge is 0.480 e. The van der Waals surface area contributed by atoms with Crippen molar-refractivity contribution in [2.75, 3.05) is 5.32 Å². The van der Waals surface area contributed by atoms with Gasteiger partial charge >= 0.3 is 5.97 Å². The van der Waals surface area contributed by atoms with E-state index in [1.165, 1.54) is 6.07 Å². The highest BCUT2D eigenvalue weighted by molar-refractivity contribution is 5.77. The quantitative estimate of drug-likeness (QED) is 0.810. The summed E-state index contributed by atoms with van der Waals surface area (Å²) in [5.41, 5.74) is 0.991. The fraction of sp³-hybridized carbons (Fsp3) is 0.417. The molecule has 0 aliphatic heterocycles. The standard InChI is InChI=1S/C12H16FNO2/c1-3-5-10(12(15)16)14-11-8(2)6-4-7-9(11)13/h4,6-7,10,14H,3,5H2,1-2H3,(H,15,16). The van der Waals surface area contributed by atoms with Crippen LogP contribution in [-0.4, -0.2) is 17.1 Å². The van der Waals surface area contributed by atoms with E-state index in [4.69, 9.17) is 5.11 Å². The van der Waals surface area contributed by atoms with E-state index in [-0.39, 0.29) is 5.69 Å². The molecular weight excluding hydrogens is 209 g/mol. The third-order valence-corrected chi connectivity index (χ3v) is 2.42. The summed E-state index contributed by atoms with van der Waals surface area (Å²) in [5, 5.41) is 11.7. The van der Waals surface area contributed by atoms with Gasteiger partial charge in [-0.05, 0) is 25.0 Å². The molecule has 3 nitrogen and oxygen atoms in total. The summed E-state index contributed by atoms with van der Waals surface area (Å²) in [7, 11) is 0. The van der Waals surface area contributed by atoms with Crippen LogP contribution in [0.4, 0.5) is 10.1 Å². The predicted octanol–water partition coefficient (Wildman–Crippen LogP) is 2.80. The van der Waals surface area contributed by atoms with Crippen LogP contribution in [0, 0.1) is 12.7 Å². The van der Waals surface area contributed by atoms with Crippen LogP contribution in [0.3, 0.4) is 0 Å². The van der Waals surface area contributed by atoms with Crippen LogP contribution in [0.15, 0.2) is 18.2 Å². The highest BCUT2D eigenvalue weighted by atomic mass is 19.1. The van der Waals surface area contributed by atoms with Crippen LogP contribution in [0.1, 0.15) is 25.3 Å². The van der Waals surface area contributed by atoms with Crippen molar-refractivity contribution in [3.63, 3.8) is 0 Å². The highest BCUT2D eigenvalue weighted by Crippen LogP contribution is 2.20. The molecular formula is C12H16FNO2. The van der Waals surface area contributed by atoms with Crippen LogP contribution in [-0.2, 0) is 4.79 Å². The van der Waals surface area contributed by atoms with Crippen molar-refractivity contribution >= 4 is 11.7 Å². The monoisotopic (exact) mass is 225 g/mol. The Balaban J connectivity index is 2.89. The first kappa shape index (κ1) is 12.5. The Bertz CT molecular complexity index is 359. The molecule has 88 valence electrons. The Morgan fingerprint density at radius 1 is 1.56 bits per heavy atom. The number of aliphatic carboxylic acids is 1. The Morgan fingerprint density at radius 2 is 2.25 bits per heavy atom. The molecule has 1 rings (SSSR count). The molecule has 1 aromatic rings. The van der Waals surface area contributed by atoms with Gasteiger partial charge in [0.05, 0.1) is 5.69 Å². The lowest BCUT2D eigenvalue weighted by atomic mass is 10.1. The second-order valence-electron chi connectivity index (χ2n) is 3.76. The van der Waals surface area contributed by atoms with Gasteiger partial charge in [0.2, 0.25) is 0 Å². The molecule has 1 atom stereocenters. The van der Waals surface area contributed by atoms with E-state index in [9.17, 15) is 9.18 Å². The number of carbonyl (C=O) groups is 1. The molecule has 0 radical (unpaired) electrons. The van der Waals surface area contributed by atoms with Crippen LogP contribution < -0.4 is 5.32 Å². The van der Waals surface area contributed by atoms with Gasteiger partial charge < -0.3 is 10.4 Å². The number of halogens is 1. The number of anilines is 1. The van der Waals surface area contributed by atoms with Crippen molar-refractivity contribution in [2.45, 2.75) is 32.7 Å². The lowest BCUT2D eigenvalue weighted by molar-refractivity contribution is -0.138. The van der Waals surface area contributed by atoms with E-state index in [2.05, 4.69) is 5.32 Å². The number of benzene rings is 1. The van der Waals surface area contributed by atoms with E-state index in [1.807, 2.05) is 6.92 Å². The van der Waals surface area contributed by atoms with Crippen LogP contribution in [0.5, 0.6) is 0 Å².